The van der Waals surface area contributed by atoms with Gasteiger partial charge in [-0.1, -0.05) is 37.0 Å². The predicted molar refractivity (Wildman–Crippen MR) is 79.2 cm³/mol. The fraction of sp³-hybridized carbons (Fsp3) is 0.462. The second kappa shape index (κ2) is 5.37. The van der Waals surface area contributed by atoms with Crippen LogP contribution in [-0.4, -0.2) is 19.0 Å². The number of aliphatic imine (C=N–C) groups is 1. The number of hydrogen-bond acceptors (Lipinski definition) is 3. The lowest BCUT2D eigenvalue weighted by Gasteiger charge is -2.18. The van der Waals surface area contributed by atoms with E-state index in [1.54, 1.807) is 0 Å². The third-order valence-electron chi connectivity index (χ3n) is 3.06. The second-order valence-electron chi connectivity index (χ2n) is 4.70. The maximum Gasteiger partial charge on any atom is 0.195 e. The largest absolute Gasteiger partial charge is 0.354 e. The van der Waals surface area contributed by atoms with E-state index in [4.69, 9.17) is 23.2 Å². The molecule has 0 atom stereocenters. The fourth-order valence-corrected chi connectivity index (χ4v) is 2.54. The molecule has 0 bridgehead atoms. The summed E-state index contributed by atoms with van der Waals surface area (Å²) in [4.78, 5) is 4.31. The molecule has 1 aromatic rings. The van der Waals surface area contributed by atoms with Crippen molar-refractivity contribution in [1.82, 2.24) is 5.32 Å². The maximum absolute atomic E-state index is 6.28. The van der Waals surface area contributed by atoms with Crippen LogP contribution in [0.2, 0.25) is 10.0 Å². The van der Waals surface area contributed by atoms with Crippen molar-refractivity contribution in [3.05, 3.63) is 27.2 Å². The van der Waals surface area contributed by atoms with Crippen molar-refractivity contribution in [2.75, 3.05) is 18.4 Å². The van der Waals surface area contributed by atoms with Crippen LogP contribution in [0.25, 0.3) is 0 Å². The van der Waals surface area contributed by atoms with Crippen LogP contribution in [0.15, 0.2) is 11.1 Å². The second-order valence-corrected chi connectivity index (χ2v) is 5.48. The van der Waals surface area contributed by atoms with E-state index in [2.05, 4.69) is 36.4 Å². The maximum atomic E-state index is 6.28. The van der Waals surface area contributed by atoms with Gasteiger partial charge in [0.2, 0.25) is 0 Å². The minimum atomic E-state index is 0.402. The van der Waals surface area contributed by atoms with Gasteiger partial charge in [-0.3, -0.25) is 4.99 Å². The van der Waals surface area contributed by atoms with Crippen LogP contribution in [0.5, 0.6) is 0 Å². The number of anilines is 1. The van der Waals surface area contributed by atoms with Crippen molar-refractivity contribution in [2.24, 2.45) is 4.99 Å². The molecule has 0 unspecified atom stereocenters. The Hall–Kier alpha value is -0.930. The van der Waals surface area contributed by atoms with E-state index in [9.17, 15) is 0 Å². The molecule has 1 aliphatic heterocycles. The van der Waals surface area contributed by atoms with Gasteiger partial charge in [0, 0.05) is 6.54 Å². The van der Waals surface area contributed by atoms with E-state index in [0.717, 1.165) is 30.3 Å². The van der Waals surface area contributed by atoms with Gasteiger partial charge in [-0.05, 0) is 30.0 Å². The molecule has 0 saturated heterocycles. The third kappa shape index (κ3) is 2.57. The molecule has 18 heavy (non-hydrogen) atoms. The van der Waals surface area contributed by atoms with Crippen molar-refractivity contribution < 1.29 is 0 Å². The molecule has 1 aromatic carbocycles. The smallest absolute Gasteiger partial charge is 0.195 e. The van der Waals surface area contributed by atoms with Gasteiger partial charge in [0.05, 0.1) is 22.3 Å². The van der Waals surface area contributed by atoms with Gasteiger partial charge in [0.15, 0.2) is 5.96 Å². The number of nitrogens with one attached hydrogen (secondary N) is 2. The first-order valence-electron chi connectivity index (χ1n) is 6.04. The molecule has 3 nitrogen and oxygen atoms in total. The molecule has 2 rings (SSSR count). The SMILES string of the molecule is Cc1c(C(C)C)cc(Cl)c(Cl)c1NC1=NCCN1. The Morgan fingerprint density at radius 2 is 2.11 bits per heavy atom. The Morgan fingerprint density at radius 3 is 2.67 bits per heavy atom. The summed E-state index contributed by atoms with van der Waals surface area (Å²) in [6, 6.07) is 1.94. The molecule has 0 saturated carbocycles. The number of rotatable bonds is 2. The highest BCUT2D eigenvalue weighted by Crippen LogP contribution is 2.37. The first-order chi connectivity index (χ1) is 8.50. The molecule has 2 N–H and O–H groups in total. The predicted octanol–water partition coefficient (Wildman–Crippen LogP) is 3.80. The summed E-state index contributed by atoms with van der Waals surface area (Å²) in [6.07, 6.45) is 0. The van der Waals surface area contributed by atoms with Crippen molar-refractivity contribution in [1.29, 1.82) is 0 Å². The summed E-state index contributed by atoms with van der Waals surface area (Å²) in [6.45, 7) is 7.98. The van der Waals surface area contributed by atoms with Crippen LogP contribution >= 0.6 is 23.2 Å². The molecule has 0 fully saturated rings. The summed E-state index contributed by atoms with van der Waals surface area (Å²) in [5.41, 5.74) is 3.17. The van der Waals surface area contributed by atoms with Crippen LogP contribution in [0.1, 0.15) is 30.9 Å². The van der Waals surface area contributed by atoms with E-state index in [-0.39, 0.29) is 0 Å². The quantitative estimate of drug-likeness (QED) is 0.867. The van der Waals surface area contributed by atoms with E-state index in [1.165, 1.54) is 5.56 Å². The Kier molecular flexibility index (Phi) is 4.03. The van der Waals surface area contributed by atoms with Crippen molar-refractivity contribution in [3.8, 4) is 0 Å². The van der Waals surface area contributed by atoms with Crippen LogP contribution in [0.3, 0.4) is 0 Å². The number of guanidine groups is 1. The fourth-order valence-electron chi connectivity index (χ4n) is 2.08. The molecule has 1 aliphatic rings. The summed E-state index contributed by atoms with van der Waals surface area (Å²) in [7, 11) is 0. The van der Waals surface area contributed by atoms with E-state index in [0.29, 0.717) is 16.0 Å². The highest BCUT2D eigenvalue weighted by atomic mass is 35.5. The number of benzene rings is 1. The zero-order chi connectivity index (χ0) is 13.3. The van der Waals surface area contributed by atoms with Gasteiger partial charge in [-0.15, -0.1) is 0 Å². The monoisotopic (exact) mass is 285 g/mol. The lowest BCUT2D eigenvalue weighted by atomic mass is 9.96. The average molecular weight is 286 g/mol. The number of halogens is 2. The van der Waals surface area contributed by atoms with E-state index in [1.807, 2.05) is 6.07 Å². The van der Waals surface area contributed by atoms with E-state index < -0.39 is 0 Å². The Bertz CT molecular complexity index is 495. The van der Waals surface area contributed by atoms with Gasteiger partial charge >= 0.3 is 0 Å². The Morgan fingerprint density at radius 1 is 1.39 bits per heavy atom. The van der Waals surface area contributed by atoms with E-state index >= 15 is 0 Å². The molecule has 0 radical (unpaired) electrons. The molecule has 1 heterocycles. The molecule has 0 aromatic heterocycles. The zero-order valence-corrected chi connectivity index (χ0v) is 12.3. The van der Waals surface area contributed by atoms with Gasteiger partial charge in [0.1, 0.15) is 0 Å². The molecule has 5 heteroatoms. The summed E-state index contributed by atoms with van der Waals surface area (Å²) < 4.78 is 0. The molecule has 0 aliphatic carbocycles. The Balaban J connectivity index is 2.43. The molecular formula is C13H17Cl2N3. The summed E-state index contributed by atoms with van der Waals surface area (Å²) in [5, 5.41) is 7.53. The number of hydrogen-bond donors (Lipinski definition) is 2. The highest BCUT2D eigenvalue weighted by molar-refractivity contribution is 6.44. The molecule has 0 spiro atoms. The average Bonchev–Trinajstić information content (AvgIpc) is 2.81. The number of nitrogens with zero attached hydrogens (tertiary/aromatic N) is 1. The highest BCUT2D eigenvalue weighted by Gasteiger charge is 2.17. The van der Waals surface area contributed by atoms with Crippen LogP contribution in [0, 0.1) is 6.92 Å². The van der Waals surface area contributed by atoms with Gasteiger partial charge in [0.25, 0.3) is 0 Å². The van der Waals surface area contributed by atoms with Gasteiger partial charge < -0.3 is 10.6 Å². The minimum absolute atomic E-state index is 0.402. The summed E-state index contributed by atoms with van der Waals surface area (Å²) in [5.74, 6) is 1.16. The lowest BCUT2D eigenvalue weighted by Crippen LogP contribution is -2.26. The van der Waals surface area contributed by atoms with Crippen LogP contribution < -0.4 is 10.6 Å². The molecule has 0 amide bonds. The van der Waals surface area contributed by atoms with Crippen molar-refractivity contribution in [2.45, 2.75) is 26.7 Å². The minimum Gasteiger partial charge on any atom is -0.354 e. The van der Waals surface area contributed by atoms with Crippen molar-refractivity contribution >= 4 is 34.8 Å². The first-order valence-corrected chi connectivity index (χ1v) is 6.80. The molecule has 98 valence electrons. The third-order valence-corrected chi connectivity index (χ3v) is 3.85. The standard InChI is InChI=1S/C13H17Cl2N3/c1-7(2)9-6-10(14)11(15)12(8(9)3)18-13-16-4-5-17-13/h6-7H,4-5H2,1-3H3,(H2,16,17,18). The Labute approximate surface area is 118 Å². The lowest BCUT2D eigenvalue weighted by molar-refractivity contribution is 0.857. The normalized spacial score (nSPS) is 14.7. The van der Waals surface area contributed by atoms with Crippen LogP contribution in [0.4, 0.5) is 5.69 Å². The van der Waals surface area contributed by atoms with Crippen molar-refractivity contribution in [3.63, 3.8) is 0 Å². The summed E-state index contributed by atoms with van der Waals surface area (Å²) >= 11 is 12.5. The molecular weight excluding hydrogens is 269 g/mol. The van der Waals surface area contributed by atoms with Gasteiger partial charge in [-0.2, -0.15) is 0 Å². The van der Waals surface area contributed by atoms with Crippen LogP contribution in [-0.2, 0) is 0 Å². The van der Waals surface area contributed by atoms with Gasteiger partial charge in [-0.25, -0.2) is 0 Å². The zero-order valence-electron chi connectivity index (χ0n) is 10.8. The topological polar surface area (TPSA) is 36.4 Å². The first kappa shape index (κ1) is 13.5.